The molecule has 1 atom stereocenters. The van der Waals surface area contributed by atoms with Crippen LogP contribution in [0.1, 0.15) is 61.0 Å². The van der Waals surface area contributed by atoms with Gasteiger partial charge in [-0.15, -0.1) is 0 Å². The molecule has 0 saturated heterocycles. The van der Waals surface area contributed by atoms with E-state index in [0.29, 0.717) is 18.7 Å². The summed E-state index contributed by atoms with van der Waals surface area (Å²) in [6.45, 7) is 2.22. The Kier molecular flexibility index (Phi) is 7.29. The van der Waals surface area contributed by atoms with Gasteiger partial charge in [-0.05, 0) is 62.8 Å². The van der Waals surface area contributed by atoms with E-state index in [4.69, 9.17) is 0 Å². The first-order chi connectivity index (χ1) is 14.4. The Morgan fingerprint density at radius 1 is 1.13 bits per heavy atom. The summed E-state index contributed by atoms with van der Waals surface area (Å²) in [5.74, 6) is -1.17. The topological polar surface area (TPSA) is 95.5 Å². The van der Waals surface area contributed by atoms with Crippen molar-refractivity contribution < 1.29 is 18.3 Å². The lowest BCUT2D eigenvalue weighted by atomic mass is 9.97. The Morgan fingerprint density at radius 2 is 1.90 bits per heavy atom. The number of hydrogen-bond donors (Lipinski definition) is 3. The molecule has 0 amide bonds. The summed E-state index contributed by atoms with van der Waals surface area (Å²) in [6.07, 6.45) is 7.25. The van der Waals surface area contributed by atoms with Gasteiger partial charge in [0.05, 0.1) is 11.3 Å². The van der Waals surface area contributed by atoms with Gasteiger partial charge in [-0.25, -0.2) is 17.9 Å². The number of rotatable bonds is 9. The van der Waals surface area contributed by atoms with Gasteiger partial charge in [0.1, 0.15) is 4.90 Å². The molecule has 0 heterocycles. The smallest absolute Gasteiger partial charge is 0.335 e. The minimum absolute atomic E-state index is 0.0530. The van der Waals surface area contributed by atoms with E-state index in [-0.39, 0.29) is 16.5 Å². The Balaban J connectivity index is 1.81. The van der Waals surface area contributed by atoms with E-state index >= 15 is 0 Å². The highest BCUT2D eigenvalue weighted by atomic mass is 32.2. The van der Waals surface area contributed by atoms with Gasteiger partial charge in [0.15, 0.2) is 0 Å². The highest BCUT2D eigenvalue weighted by Gasteiger charge is 2.22. The molecular formula is C23H28N2O4S. The molecule has 1 aliphatic carbocycles. The Morgan fingerprint density at radius 3 is 2.57 bits per heavy atom. The lowest BCUT2D eigenvalue weighted by Gasteiger charge is -2.19. The van der Waals surface area contributed by atoms with Gasteiger partial charge < -0.3 is 10.4 Å². The second-order valence-electron chi connectivity index (χ2n) is 7.55. The summed E-state index contributed by atoms with van der Waals surface area (Å²) in [4.78, 5) is 11.4. The van der Waals surface area contributed by atoms with Crippen molar-refractivity contribution in [1.29, 1.82) is 0 Å². The van der Waals surface area contributed by atoms with Crippen molar-refractivity contribution in [2.45, 2.75) is 50.0 Å². The molecule has 6 nitrogen and oxygen atoms in total. The normalized spacial score (nSPS) is 15.3. The van der Waals surface area contributed by atoms with Crippen LogP contribution in [0.3, 0.4) is 0 Å². The number of hydrogen-bond acceptors (Lipinski definition) is 4. The monoisotopic (exact) mass is 428 g/mol. The van der Waals surface area contributed by atoms with Crippen LogP contribution in [0.25, 0.3) is 0 Å². The van der Waals surface area contributed by atoms with Crippen LogP contribution in [0.2, 0.25) is 0 Å². The molecule has 0 aliphatic heterocycles. The third-order valence-electron chi connectivity index (χ3n) is 5.31. The fraction of sp³-hybridized carbons (Fsp3) is 0.348. The molecule has 7 heteroatoms. The average molecular weight is 429 g/mol. The first-order valence-corrected chi connectivity index (χ1v) is 11.7. The van der Waals surface area contributed by atoms with E-state index in [1.165, 1.54) is 30.2 Å². The second-order valence-corrected chi connectivity index (χ2v) is 9.28. The number of carboxylic acids is 1. The SMILES string of the molecule is CC(Nc1ccc(C(=O)O)cc1S(=O)(=O)NCCC1=CCCCC1)c1ccccc1. The molecule has 3 rings (SSSR count). The van der Waals surface area contributed by atoms with Crippen molar-refractivity contribution in [1.82, 2.24) is 4.72 Å². The zero-order chi connectivity index (χ0) is 21.6. The van der Waals surface area contributed by atoms with Crippen molar-refractivity contribution in [3.8, 4) is 0 Å². The molecule has 0 spiro atoms. The third-order valence-corrected chi connectivity index (χ3v) is 6.81. The molecule has 0 radical (unpaired) electrons. The number of carboxylic acid groups (broad SMARTS) is 1. The Hall–Kier alpha value is -2.64. The Labute approximate surface area is 178 Å². The van der Waals surface area contributed by atoms with Crippen molar-refractivity contribution in [2.75, 3.05) is 11.9 Å². The van der Waals surface area contributed by atoms with Crippen LogP contribution < -0.4 is 10.0 Å². The lowest BCUT2D eigenvalue weighted by molar-refractivity contribution is 0.0696. The van der Waals surface area contributed by atoms with E-state index in [0.717, 1.165) is 24.8 Å². The zero-order valence-electron chi connectivity index (χ0n) is 17.1. The number of nitrogens with one attached hydrogen (secondary N) is 2. The standard InChI is InChI=1S/C23H28N2O4S/c1-17(19-10-6-3-7-11-19)25-21-13-12-20(23(26)27)16-22(21)30(28,29)24-15-14-18-8-4-2-5-9-18/h3,6-8,10-13,16-17,24-25H,2,4-5,9,14-15H2,1H3,(H,26,27). The van der Waals surface area contributed by atoms with E-state index in [2.05, 4.69) is 16.1 Å². The molecule has 1 aliphatic rings. The molecule has 3 N–H and O–H groups in total. The second kappa shape index (κ2) is 9.91. The largest absolute Gasteiger partial charge is 0.478 e. The molecule has 0 saturated carbocycles. The summed E-state index contributed by atoms with van der Waals surface area (Å²) in [5, 5.41) is 12.5. The highest BCUT2D eigenvalue weighted by Crippen LogP contribution is 2.27. The van der Waals surface area contributed by atoms with Crippen LogP contribution in [0.5, 0.6) is 0 Å². The average Bonchev–Trinajstić information content (AvgIpc) is 2.75. The van der Waals surface area contributed by atoms with E-state index in [1.54, 1.807) is 0 Å². The van der Waals surface area contributed by atoms with Crippen LogP contribution in [-0.2, 0) is 10.0 Å². The molecule has 2 aromatic carbocycles. The molecule has 0 bridgehead atoms. The molecule has 1 unspecified atom stereocenters. The maximum Gasteiger partial charge on any atom is 0.335 e. The van der Waals surface area contributed by atoms with Crippen molar-refractivity contribution in [3.63, 3.8) is 0 Å². The minimum atomic E-state index is -3.88. The first-order valence-electron chi connectivity index (χ1n) is 10.2. The molecule has 0 aromatic heterocycles. The van der Waals surface area contributed by atoms with Gasteiger partial charge in [0.25, 0.3) is 0 Å². The molecule has 2 aromatic rings. The van der Waals surface area contributed by atoms with E-state index in [9.17, 15) is 18.3 Å². The van der Waals surface area contributed by atoms with Crippen molar-refractivity contribution in [3.05, 3.63) is 71.3 Å². The summed E-state index contributed by atoms with van der Waals surface area (Å²) in [7, 11) is -3.88. The summed E-state index contributed by atoms with van der Waals surface area (Å²) in [5.41, 5.74) is 2.59. The molecule has 160 valence electrons. The van der Waals surface area contributed by atoms with Crippen molar-refractivity contribution in [2.24, 2.45) is 0 Å². The number of aromatic carboxylic acids is 1. The number of carbonyl (C=O) groups is 1. The van der Waals surface area contributed by atoms with Gasteiger partial charge in [0.2, 0.25) is 10.0 Å². The van der Waals surface area contributed by atoms with Gasteiger partial charge >= 0.3 is 5.97 Å². The maximum atomic E-state index is 13.0. The summed E-state index contributed by atoms with van der Waals surface area (Å²) in [6, 6.07) is 13.6. The van der Waals surface area contributed by atoms with Crippen LogP contribution in [-0.4, -0.2) is 26.0 Å². The Bertz CT molecular complexity index is 1020. The van der Waals surface area contributed by atoms with Gasteiger partial charge in [-0.2, -0.15) is 0 Å². The van der Waals surface area contributed by atoms with Gasteiger partial charge in [-0.3, -0.25) is 0 Å². The van der Waals surface area contributed by atoms with Crippen LogP contribution in [0.4, 0.5) is 5.69 Å². The molecule has 30 heavy (non-hydrogen) atoms. The molecular weight excluding hydrogens is 400 g/mol. The fourth-order valence-electron chi connectivity index (χ4n) is 3.61. The third kappa shape index (κ3) is 5.70. The number of anilines is 1. The number of benzene rings is 2. The number of allylic oxidation sites excluding steroid dienone is 1. The molecule has 0 fully saturated rings. The van der Waals surface area contributed by atoms with Crippen LogP contribution in [0.15, 0.2) is 65.1 Å². The number of sulfonamides is 1. The predicted molar refractivity (Wildman–Crippen MR) is 118 cm³/mol. The lowest BCUT2D eigenvalue weighted by Crippen LogP contribution is -2.26. The van der Waals surface area contributed by atoms with Crippen LogP contribution >= 0.6 is 0 Å². The predicted octanol–water partition coefficient (Wildman–Crippen LogP) is 4.73. The quantitative estimate of drug-likeness (QED) is 0.502. The van der Waals surface area contributed by atoms with Crippen molar-refractivity contribution >= 4 is 21.7 Å². The highest BCUT2D eigenvalue weighted by molar-refractivity contribution is 7.89. The summed E-state index contributed by atoms with van der Waals surface area (Å²) < 4.78 is 28.7. The van der Waals surface area contributed by atoms with E-state index in [1.807, 2.05) is 37.3 Å². The minimum Gasteiger partial charge on any atom is -0.478 e. The van der Waals surface area contributed by atoms with E-state index < -0.39 is 16.0 Å². The first kappa shape index (κ1) is 22.1. The summed E-state index contributed by atoms with van der Waals surface area (Å²) >= 11 is 0. The fourth-order valence-corrected chi connectivity index (χ4v) is 4.84. The van der Waals surface area contributed by atoms with Gasteiger partial charge in [0, 0.05) is 12.6 Å². The van der Waals surface area contributed by atoms with Gasteiger partial charge in [-0.1, -0.05) is 42.0 Å². The van der Waals surface area contributed by atoms with Crippen LogP contribution in [0, 0.1) is 0 Å². The zero-order valence-corrected chi connectivity index (χ0v) is 17.9. The maximum absolute atomic E-state index is 13.0.